The van der Waals surface area contributed by atoms with E-state index in [0.29, 0.717) is 18.6 Å². The monoisotopic (exact) mass is 683 g/mol. The molecule has 236 valence electrons. The van der Waals surface area contributed by atoms with Crippen molar-refractivity contribution in [3.8, 4) is 5.75 Å². The summed E-state index contributed by atoms with van der Waals surface area (Å²) in [5, 5.41) is 4.73. The van der Waals surface area contributed by atoms with Crippen LogP contribution in [0.2, 0.25) is 0 Å². The maximum Gasteiger partial charge on any atom is 0.407 e. The average Bonchev–Trinajstić information content (AvgIpc) is 3.86. The van der Waals surface area contributed by atoms with Crippen LogP contribution in [0.25, 0.3) is 0 Å². The number of ether oxygens (including phenoxy) is 2. The Kier molecular flexibility index (Phi) is 9.45. The van der Waals surface area contributed by atoms with Crippen molar-refractivity contribution in [1.82, 2.24) is 25.2 Å². The molecule has 3 N–H and O–H groups in total. The van der Waals surface area contributed by atoms with Crippen molar-refractivity contribution in [3.05, 3.63) is 35.6 Å². The van der Waals surface area contributed by atoms with Crippen LogP contribution in [0, 0.1) is 17.3 Å². The number of nitrogens with one attached hydrogen (secondary N) is 3. The number of halogens is 1. The van der Waals surface area contributed by atoms with Crippen LogP contribution < -0.4 is 20.1 Å². The topological polar surface area (TPSA) is 173 Å². The number of amides is 4. The molecule has 5 atom stereocenters. The number of hydrogen-bond donors (Lipinski definition) is 3. The molecular weight excluding hydrogens is 646 g/mol. The maximum atomic E-state index is 14.0. The molecule has 3 fully saturated rings. The second kappa shape index (κ2) is 12.4. The Bertz CT molecular complexity index is 1400. The third kappa shape index (κ3) is 7.48. The molecule has 2 aliphatic carbocycles. The Labute approximate surface area is 259 Å². The first-order valence-corrected chi connectivity index (χ1v) is 16.3. The summed E-state index contributed by atoms with van der Waals surface area (Å²) >= 11 is 3.35. The Hall–Kier alpha value is -3.20. The highest BCUT2D eigenvalue weighted by atomic mass is 79.9. The summed E-state index contributed by atoms with van der Waals surface area (Å²) in [5.41, 5.74) is -2.24. The molecule has 2 heterocycles. The van der Waals surface area contributed by atoms with Gasteiger partial charge in [0.25, 0.3) is 5.91 Å². The van der Waals surface area contributed by atoms with Gasteiger partial charge in [0, 0.05) is 29.1 Å². The third-order valence-corrected chi connectivity index (χ3v) is 10.2. The minimum atomic E-state index is -3.85. The molecule has 2 saturated carbocycles. The number of rotatable bonds is 11. The second-order valence-corrected chi connectivity index (χ2v) is 15.3. The van der Waals surface area contributed by atoms with E-state index in [1.165, 1.54) is 18.1 Å². The summed E-state index contributed by atoms with van der Waals surface area (Å²) in [6.07, 6.45) is 5.18. The van der Waals surface area contributed by atoms with Crippen LogP contribution in [0.4, 0.5) is 4.79 Å². The fourth-order valence-corrected chi connectivity index (χ4v) is 6.94. The molecule has 3 aliphatic rings. The lowest BCUT2D eigenvalue weighted by molar-refractivity contribution is -0.142. The van der Waals surface area contributed by atoms with Crippen molar-refractivity contribution in [3.63, 3.8) is 0 Å². The Balaban J connectivity index is 1.57. The zero-order chi connectivity index (χ0) is 31.7. The smallest absolute Gasteiger partial charge is 0.407 e. The summed E-state index contributed by atoms with van der Waals surface area (Å²) < 4.78 is 38.5. The van der Waals surface area contributed by atoms with Crippen molar-refractivity contribution in [2.45, 2.75) is 69.3 Å². The summed E-state index contributed by atoms with van der Waals surface area (Å²) in [5.74, 6) is -2.21. The van der Waals surface area contributed by atoms with Crippen LogP contribution in [-0.2, 0) is 29.1 Å². The number of carbonyl (C=O) groups excluding carboxylic acids is 4. The zero-order valence-electron chi connectivity index (χ0n) is 24.6. The van der Waals surface area contributed by atoms with Gasteiger partial charge in [0.05, 0.1) is 25.2 Å². The average molecular weight is 685 g/mol. The van der Waals surface area contributed by atoms with E-state index < -0.39 is 68.0 Å². The van der Waals surface area contributed by atoms with Gasteiger partial charge in [0.1, 0.15) is 23.4 Å². The minimum absolute atomic E-state index is 0.133. The van der Waals surface area contributed by atoms with Gasteiger partial charge in [-0.25, -0.2) is 13.2 Å². The number of likely N-dealkylation sites (tertiary alicyclic amines) is 1. The summed E-state index contributed by atoms with van der Waals surface area (Å²) in [6.45, 7) is 9.35. The quantitative estimate of drug-likeness (QED) is 0.294. The molecule has 43 heavy (non-hydrogen) atoms. The number of nitrogens with zero attached hydrogens (tertiary/aromatic N) is 2. The van der Waals surface area contributed by atoms with Crippen molar-refractivity contribution in [2.24, 2.45) is 17.3 Å². The van der Waals surface area contributed by atoms with Gasteiger partial charge in [0.2, 0.25) is 21.8 Å². The Morgan fingerprint density at radius 2 is 1.95 bits per heavy atom. The highest BCUT2D eigenvalue weighted by Gasteiger charge is 2.62. The van der Waals surface area contributed by atoms with E-state index in [-0.39, 0.29) is 31.9 Å². The van der Waals surface area contributed by atoms with Gasteiger partial charge in [0.15, 0.2) is 0 Å². The van der Waals surface area contributed by atoms with Crippen LogP contribution in [0.3, 0.4) is 0 Å². The minimum Gasteiger partial charge on any atom is -0.492 e. The van der Waals surface area contributed by atoms with Crippen LogP contribution >= 0.6 is 15.9 Å². The normalized spacial score (nSPS) is 25.7. The number of pyridine rings is 1. The molecule has 4 rings (SSSR count). The van der Waals surface area contributed by atoms with Crippen molar-refractivity contribution >= 4 is 49.8 Å². The third-order valence-electron chi connectivity index (χ3n) is 7.95. The van der Waals surface area contributed by atoms with E-state index in [1.807, 2.05) is 0 Å². The molecule has 1 aromatic rings. The van der Waals surface area contributed by atoms with Crippen LogP contribution in [-0.4, -0.2) is 85.3 Å². The lowest BCUT2D eigenvalue weighted by Crippen LogP contribution is -2.60. The molecule has 13 nitrogen and oxygen atoms in total. The summed E-state index contributed by atoms with van der Waals surface area (Å²) in [4.78, 5) is 58.7. The van der Waals surface area contributed by atoms with E-state index in [4.69, 9.17) is 9.47 Å². The summed E-state index contributed by atoms with van der Waals surface area (Å²) in [6, 6.07) is -0.320. The van der Waals surface area contributed by atoms with Crippen LogP contribution in [0.15, 0.2) is 35.6 Å². The Morgan fingerprint density at radius 1 is 1.26 bits per heavy atom. The van der Waals surface area contributed by atoms with E-state index in [1.54, 1.807) is 39.2 Å². The molecule has 1 aliphatic heterocycles. The van der Waals surface area contributed by atoms with Crippen molar-refractivity contribution < 1.29 is 37.1 Å². The maximum absolute atomic E-state index is 14.0. The highest BCUT2D eigenvalue weighted by Crippen LogP contribution is 2.45. The van der Waals surface area contributed by atoms with Gasteiger partial charge >= 0.3 is 6.09 Å². The molecule has 0 spiro atoms. The molecule has 1 saturated heterocycles. The van der Waals surface area contributed by atoms with E-state index in [9.17, 15) is 27.6 Å². The van der Waals surface area contributed by atoms with Gasteiger partial charge in [-0.1, -0.05) is 26.8 Å². The number of sulfonamides is 1. The SMILES string of the molecule is C=C[C@@H]1C[C@]1(NC(=O)[C@@H]1C[C@@H](COc2cncc(Br)c2)CN1C(=O)[C@@H](NC(=O)OC)C(C)(C)C)C(=O)NS(=O)(=O)C1CC1. The predicted octanol–water partition coefficient (Wildman–Crippen LogP) is 1.88. The molecule has 0 radical (unpaired) electrons. The molecule has 0 unspecified atom stereocenters. The number of methoxy groups -OCH3 is 1. The fourth-order valence-electron chi connectivity index (χ4n) is 5.23. The van der Waals surface area contributed by atoms with Crippen LogP contribution in [0.5, 0.6) is 5.75 Å². The number of alkyl carbamates (subject to hydrolysis) is 1. The van der Waals surface area contributed by atoms with Gasteiger partial charge in [-0.3, -0.25) is 24.1 Å². The number of hydrogen-bond acceptors (Lipinski definition) is 9. The molecule has 4 amide bonds. The van der Waals surface area contributed by atoms with Gasteiger partial charge < -0.3 is 25.0 Å². The molecule has 0 bridgehead atoms. The standard InChI is InChI=1S/C28H38BrN5O8S/c1-6-17-11-28(17,25(37)33-43(39,40)20-7-8-20)32-23(35)21-9-16(15-42-19-10-18(29)12-30-13-19)14-34(21)24(36)22(27(2,3)4)31-26(38)41-5/h6,10,12-13,16-17,20-22H,1,7-9,11,14-15H2,2-5H3,(H,31,38)(H,32,35)(H,33,37)/t16-,17-,21+,22-,28-/m1/s1. The first-order valence-electron chi connectivity index (χ1n) is 14.0. The van der Waals surface area contributed by atoms with Gasteiger partial charge in [-0.15, -0.1) is 6.58 Å². The van der Waals surface area contributed by atoms with Crippen molar-refractivity contribution in [1.29, 1.82) is 0 Å². The molecular formula is C28H38BrN5O8S. The molecule has 1 aromatic heterocycles. The fraction of sp³-hybridized carbons (Fsp3) is 0.607. The Morgan fingerprint density at radius 3 is 2.51 bits per heavy atom. The van der Waals surface area contributed by atoms with Crippen molar-refractivity contribution in [2.75, 3.05) is 20.3 Å². The lowest BCUT2D eigenvalue weighted by atomic mass is 9.85. The first-order chi connectivity index (χ1) is 20.1. The number of aromatic nitrogens is 1. The van der Waals surface area contributed by atoms with Crippen LogP contribution in [0.1, 0.15) is 46.5 Å². The summed E-state index contributed by atoms with van der Waals surface area (Å²) in [7, 11) is -2.66. The first kappa shape index (κ1) is 32.7. The number of carbonyl (C=O) groups is 4. The van der Waals surface area contributed by atoms with E-state index in [2.05, 4.69) is 42.8 Å². The highest BCUT2D eigenvalue weighted by molar-refractivity contribution is 9.10. The largest absolute Gasteiger partial charge is 0.492 e. The van der Waals surface area contributed by atoms with E-state index >= 15 is 0 Å². The van der Waals surface area contributed by atoms with E-state index in [0.717, 1.165) is 4.47 Å². The predicted molar refractivity (Wildman–Crippen MR) is 159 cm³/mol. The van der Waals surface area contributed by atoms with Gasteiger partial charge in [-0.2, -0.15) is 0 Å². The van der Waals surface area contributed by atoms with Gasteiger partial charge in [-0.05, 0) is 53.1 Å². The molecule has 0 aromatic carbocycles. The lowest BCUT2D eigenvalue weighted by Gasteiger charge is -2.35. The zero-order valence-corrected chi connectivity index (χ0v) is 27.0. The molecule has 15 heteroatoms. The second-order valence-electron chi connectivity index (χ2n) is 12.4.